The molecular weight excluding hydrogens is 398 g/mol. The smallest absolute Gasteiger partial charge is 0.224 e. The lowest BCUT2D eigenvalue weighted by Gasteiger charge is -2.38. The first-order chi connectivity index (χ1) is 14.3. The number of nitrogens with one attached hydrogen (secondary N) is 1. The minimum Gasteiger partial charge on any atom is -0.351 e. The Morgan fingerprint density at radius 3 is 2.60 bits per heavy atom. The highest BCUT2D eigenvalue weighted by Crippen LogP contribution is 2.61. The summed E-state index contributed by atoms with van der Waals surface area (Å²) in [6, 6.07) is 0.660. The van der Waals surface area contributed by atoms with Gasteiger partial charge < -0.3 is 10.2 Å². The molecule has 7 nitrogen and oxygen atoms in total. The van der Waals surface area contributed by atoms with Crippen LogP contribution in [-0.2, 0) is 10.0 Å². The van der Waals surface area contributed by atoms with Crippen molar-refractivity contribution < 1.29 is 8.42 Å². The maximum atomic E-state index is 11.8. The number of hydrogen-bond acceptors (Lipinski definition) is 6. The molecule has 1 N–H and O–H groups in total. The van der Waals surface area contributed by atoms with E-state index in [1.807, 2.05) is 6.20 Å². The van der Waals surface area contributed by atoms with Crippen molar-refractivity contribution in [1.82, 2.24) is 14.3 Å². The summed E-state index contributed by atoms with van der Waals surface area (Å²) in [6.07, 6.45) is 13.3. The van der Waals surface area contributed by atoms with Crippen LogP contribution in [0.2, 0.25) is 0 Å². The van der Waals surface area contributed by atoms with Gasteiger partial charge in [0.15, 0.2) is 0 Å². The van der Waals surface area contributed by atoms with Crippen molar-refractivity contribution in [3.63, 3.8) is 0 Å². The molecule has 2 aliphatic heterocycles. The molecule has 2 saturated carbocycles. The molecule has 4 aliphatic rings. The second-order valence-electron chi connectivity index (χ2n) is 9.47. The highest BCUT2D eigenvalue weighted by molar-refractivity contribution is 7.88. The molecule has 0 aromatic carbocycles. The van der Waals surface area contributed by atoms with Gasteiger partial charge in [-0.25, -0.2) is 17.7 Å². The van der Waals surface area contributed by atoms with Crippen molar-refractivity contribution in [3.8, 4) is 0 Å². The molecule has 1 saturated heterocycles. The van der Waals surface area contributed by atoms with Gasteiger partial charge in [0.05, 0.1) is 6.26 Å². The first-order valence-corrected chi connectivity index (χ1v) is 12.9. The van der Waals surface area contributed by atoms with Gasteiger partial charge in [-0.3, -0.25) is 0 Å². The molecule has 1 aromatic rings. The number of hydrogen-bond donors (Lipinski definition) is 1. The Bertz CT molecular complexity index is 1010. The highest BCUT2D eigenvalue weighted by atomic mass is 32.2. The summed E-state index contributed by atoms with van der Waals surface area (Å²) in [4.78, 5) is 11.9. The average Bonchev–Trinajstić information content (AvgIpc) is 3.35. The summed E-state index contributed by atoms with van der Waals surface area (Å²) >= 11 is 0. The molecule has 1 aromatic heterocycles. The summed E-state index contributed by atoms with van der Waals surface area (Å²) in [7, 11) is -3.12. The largest absolute Gasteiger partial charge is 0.351 e. The Labute approximate surface area is 179 Å². The number of rotatable bonds is 4. The van der Waals surface area contributed by atoms with Crippen LogP contribution in [0.1, 0.15) is 57.4 Å². The highest BCUT2D eigenvalue weighted by Gasteiger charge is 2.55. The zero-order valence-electron chi connectivity index (χ0n) is 17.9. The monoisotopic (exact) mass is 429 g/mol. The predicted molar refractivity (Wildman–Crippen MR) is 120 cm³/mol. The van der Waals surface area contributed by atoms with E-state index in [0.717, 1.165) is 35.5 Å². The maximum absolute atomic E-state index is 11.8. The summed E-state index contributed by atoms with van der Waals surface area (Å²) < 4.78 is 25.1. The lowest BCUT2D eigenvalue weighted by atomic mass is 9.95. The standard InChI is InChI=1S/C22H31N5O2S/c1-15-13-16(2)27(19-5-4-8-22(19)9-10-22)20-18(15)14-23-21(25-20)24-17-6-11-26(12-7-17)30(3,28)29/h13-14,17,19H,2,4-12H2,1,3H3,(H,23,24,25). The second-order valence-corrected chi connectivity index (χ2v) is 11.5. The molecular formula is C22H31N5O2S. The number of anilines is 2. The molecule has 30 heavy (non-hydrogen) atoms. The normalized spacial score (nSPS) is 26.6. The minimum atomic E-state index is -3.12. The van der Waals surface area contributed by atoms with Gasteiger partial charge in [-0.2, -0.15) is 4.98 Å². The molecule has 3 fully saturated rings. The number of fused-ring (bicyclic) bond motifs is 1. The van der Waals surface area contributed by atoms with E-state index in [1.54, 1.807) is 4.31 Å². The van der Waals surface area contributed by atoms with Crippen LogP contribution in [-0.4, -0.2) is 54.1 Å². The SMILES string of the molecule is C=C1C=C(C)c2cnc(NC3CCN(S(C)(=O)=O)CC3)nc2N1C1CCCC12CC2. The third-order valence-electron chi connectivity index (χ3n) is 7.43. The van der Waals surface area contributed by atoms with Crippen LogP contribution in [0.15, 0.2) is 24.5 Å². The second kappa shape index (κ2) is 7.05. The van der Waals surface area contributed by atoms with Gasteiger partial charge in [-0.15, -0.1) is 0 Å². The van der Waals surface area contributed by atoms with Crippen molar-refractivity contribution in [1.29, 1.82) is 0 Å². The Kier molecular flexibility index (Phi) is 4.70. The molecule has 5 rings (SSSR count). The van der Waals surface area contributed by atoms with Crippen LogP contribution < -0.4 is 10.2 Å². The zero-order valence-corrected chi connectivity index (χ0v) is 18.7. The van der Waals surface area contributed by atoms with E-state index < -0.39 is 10.0 Å². The van der Waals surface area contributed by atoms with E-state index in [9.17, 15) is 8.42 Å². The molecule has 162 valence electrons. The van der Waals surface area contributed by atoms with Crippen molar-refractivity contribution in [3.05, 3.63) is 30.1 Å². The fourth-order valence-electron chi connectivity index (χ4n) is 5.57. The first kappa shape index (κ1) is 20.0. The zero-order chi connectivity index (χ0) is 21.1. The molecule has 0 radical (unpaired) electrons. The van der Waals surface area contributed by atoms with Gasteiger partial charge in [0.2, 0.25) is 16.0 Å². The summed E-state index contributed by atoms with van der Waals surface area (Å²) in [5, 5.41) is 3.46. The van der Waals surface area contributed by atoms with Gasteiger partial charge in [-0.05, 0) is 62.5 Å². The van der Waals surface area contributed by atoms with Gasteiger partial charge in [0.1, 0.15) is 5.82 Å². The summed E-state index contributed by atoms with van der Waals surface area (Å²) in [5.74, 6) is 1.60. The van der Waals surface area contributed by atoms with E-state index >= 15 is 0 Å². The van der Waals surface area contributed by atoms with Crippen LogP contribution >= 0.6 is 0 Å². The van der Waals surface area contributed by atoms with Crippen LogP contribution in [0.4, 0.5) is 11.8 Å². The van der Waals surface area contributed by atoms with Gasteiger partial charge in [-0.1, -0.05) is 13.0 Å². The van der Waals surface area contributed by atoms with Gasteiger partial charge in [0, 0.05) is 42.6 Å². The third kappa shape index (κ3) is 3.43. The number of sulfonamides is 1. The summed E-state index contributed by atoms with van der Waals surface area (Å²) in [5.41, 5.74) is 3.73. The average molecular weight is 430 g/mol. The molecule has 8 heteroatoms. The number of nitrogens with zero attached hydrogens (tertiary/aromatic N) is 4. The van der Waals surface area contributed by atoms with Crippen LogP contribution in [0.5, 0.6) is 0 Å². The number of piperidine rings is 1. The predicted octanol–water partition coefficient (Wildman–Crippen LogP) is 3.38. The van der Waals surface area contributed by atoms with Crippen molar-refractivity contribution in [2.24, 2.45) is 5.41 Å². The third-order valence-corrected chi connectivity index (χ3v) is 8.74. The van der Waals surface area contributed by atoms with Crippen molar-refractivity contribution in [2.75, 3.05) is 29.6 Å². The molecule has 0 bridgehead atoms. The lowest BCUT2D eigenvalue weighted by Crippen LogP contribution is -2.42. The van der Waals surface area contributed by atoms with Crippen molar-refractivity contribution >= 4 is 27.4 Å². The molecule has 2 aliphatic carbocycles. The van der Waals surface area contributed by atoms with E-state index in [1.165, 1.54) is 38.4 Å². The minimum absolute atomic E-state index is 0.180. The quantitative estimate of drug-likeness (QED) is 0.791. The van der Waals surface area contributed by atoms with Crippen LogP contribution in [0, 0.1) is 5.41 Å². The fourth-order valence-corrected chi connectivity index (χ4v) is 6.44. The molecule has 0 amide bonds. The molecule has 1 unspecified atom stereocenters. The molecule has 1 atom stereocenters. The van der Waals surface area contributed by atoms with E-state index in [0.29, 0.717) is 30.5 Å². The van der Waals surface area contributed by atoms with E-state index in [4.69, 9.17) is 4.98 Å². The number of allylic oxidation sites excluding steroid dienone is 2. The molecule has 3 heterocycles. The maximum Gasteiger partial charge on any atom is 0.224 e. The van der Waals surface area contributed by atoms with Crippen LogP contribution in [0.25, 0.3) is 5.57 Å². The van der Waals surface area contributed by atoms with E-state index in [-0.39, 0.29) is 6.04 Å². The Balaban J connectivity index is 1.38. The lowest BCUT2D eigenvalue weighted by molar-refractivity contribution is 0.331. The Hall–Kier alpha value is -1.93. The first-order valence-electron chi connectivity index (χ1n) is 11.0. The van der Waals surface area contributed by atoms with Gasteiger partial charge >= 0.3 is 0 Å². The Morgan fingerprint density at radius 1 is 1.20 bits per heavy atom. The fraction of sp³-hybridized carbons (Fsp3) is 0.636. The number of aromatic nitrogens is 2. The van der Waals surface area contributed by atoms with Gasteiger partial charge in [0.25, 0.3) is 0 Å². The van der Waals surface area contributed by atoms with E-state index in [2.05, 4.69) is 34.8 Å². The topological polar surface area (TPSA) is 78.4 Å². The van der Waals surface area contributed by atoms with Crippen LogP contribution in [0.3, 0.4) is 0 Å². The molecule has 1 spiro atoms. The summed E-state index contributed by atoms with van der Waals surface area (Å²) in [6.45, 7) is 7.54. The van der Waals surface area contributed by atoms with Crippen molar-refractivity contribution in [2.45, 2.75) is 64.0 Å². The Morgan fingerprint density at radius 2 is 1.93 bits per heavy atom.